The molecule has 0 N–H and O–H groups in total. The van der Waals surface area contributed by atoms with E-state index < -0.39 is 16.6 Å². The van der Waals surface area contributed by atoms with Crippen LogP contribution < -0.4 is 0 Å². The monoisotopic (exact) mass is 362 g/mol. The van der Waals surface area contributed by atoms with Crippen molar-refractivity contribution in [2.75, 3.05) is 39.6 Å². The van der Waals surface area contributed by atoms with Crippen molar-refractivity contribution in [1.29, 1.82) is 0 Å². The Morgan fingerprint density at radius 2 is 1.17 bits per heavy atom. The largest absolute Gasteiger partial charge is 0.455 e. The molecule has 0 saturated carbocycles. The Balaban J connectivity index is 1.50. The summed E-state index contributed by atoms with van der Waals surface area (Å²) >= 11 is 0. The topological polar surface area (TPSA) is 52.8 Å². The van der Waals surface area contributed by atoms with E-state index in [0.29, 0.717) is 12.2 Å². The minimum Gasteiger partial charge on any atom is -0.455 e. The first-order chi connectivity index (χ1) is 10.9. The van der Waals surface area contributed by atoms with Gasteiger partial charge in [-0.25, -0.2) is 0 Å². The third kappa shape index (κ3) is 9.96. The lowest BCUT2D eigenvalue weighted by molar-refractivity contribution is 0.116. The molecular formula is C16H34O5Si2. The highest BCUT2D eigenvalue weighted by Crippen LogP contribution is 2.24. The first-order valence-corrected chi connectivity index (χ1v) is 15.2. The van der Waals surface area contributed by atoms with Crippen molar-refractivity contribution in [3.8, 4) is 0 Å². The zero-order valence-corrected chi connectivity index (χ0v) is 17.3. The zero-order valence-electron chi connectivity index (χ0n) is 15.3. The number of rotatable bonds is 14. The summed E-state index contributed by atoms with van der Waals surface area (Å²) in [6, 6.07) is 2.34. The second-order valence-electron chi connectivity index (χ2n) is 7.89. The molecule has 0 amide bonds. The molecule has 2 saturated heterocycles. The Morgan fingerprint density at radius 3 is 1.52 bits per heavy atom. The molecule has 136 valence electrons. The molecule has 0 spiro atoms. The van der Waals surface area contributed by atoms with Gasteiger partial charge in [0.05, 0.1) is 26.4 Å². The molecule has 2 aliphatic rings. The van der Waals surface area contributed by atoms with Gasteiger partial charge in [-0.2, -0.15) is 0 Å². The standard InChI is InChI=1S/C16H34O5Si2/c1-22(2,9-5-7-17-11-15-13-19-15)21-23(3,4)10-6-8-18-12-16-14-20-16/h15-16H,5-14H2,1-4H3/t15-,16-/m1/s1. The molecule has 0 aliphatic carbocycles. The first kappa shape index (κ1) is 19.6. The summed E-state index contributed by atoms with van der Waals surface area (Å²) in [6.45, 7) is 14.3. The Labute approximate surface area is 143 Å². The summed E-state index contributed by atoms with van der Waals surface area (Å²) in [4.78, 5) is 0. The molecule has 2 aliphatic heterocycles. The second kappa shape index (κ2) is 9.08. The fourth-order valence-electron chi connectivity index (χ4n) is 2.81. The van der Waals surface area contributed by atoms with Gasteiger partial charge in [-0.05, 0) is 51.1 Å². The van der Waals surface area contributed by atoms with Crippen LogP contribution in [0.15, 0.2) is 0 Å². The van der Waals surface area contributed by atoms with Crippen molar-refractivity contribution in [1.82, 2.24) is 0 Å². The maximum absolute atomic E-state index is 6.62. The van der Waals surface area contributed by atoms with E-state index in [-0.39, 0.29) is 0 Å². The van der Waals surface area contributed by atoms with Gasteiger partial charge in [-0.1, -0.05) is 0 Å². The van der Waals surface area contributed by atoms with Crippen molar-refractivity contribution in [3.05, 3.63) is 0 Å². The minimum atomic E-state index is -1.59. The van der Waals surface area contributed by atoms with Crippen molar-refractivity contribution in [2.45, 2.75) is 63.3 Å². The summed E-state index contributed by atoms with van der Waals surface area (Å²) in [5.41, 5.74) is 0. The Morgan fingerprint density at radius 1 is 0.783 bits per heavy atom. The summed E-state index contributed by atoms with van der Waals surface area (Å²) in [5, 5.41) is 0. The van der Waals surface area contributed by atoms with Gasteiger partial charge >= 0.3 is 0 Å². The van der Waals surface area contributed by atoms with Crippen molar-refractivity contribution in [2.24, 2.45) is 0 Å². The van der Waals surface area contributed by atoms with Gasteiger partial charge in [0.2, 0.25) is 0 Å². The highest BCUT2D eigenvalue weighted by atomic mass is 28.4. The number of hydrogen-bond acceptors (Lipinski definition) is 5. The van der Waals surface area contributed by atoms with Crippen LogP contribution in [0.4, 0.5) is 0 Å². The minimum absolute atomic E-state index is 0.372. The predicted molar refractivity (Wildman–Crippen MR) is 96.0 cm³/mol. The van der Waals surface area contributed by atoms with Gasteiger partial charge in [-0.3, -0.25) is 0 Å². The van der Waals surface area contributed by atoms with E-state index in [1.54, 1.807) is 0 Å². The second-order valence-corrected chi connectivity index (χ2v) is 16.7. The average molecular weight is 363 g/mol. The lowest BCUT2D eigenvalue weighted by atomic mass is 10.5. The van der Waals surface area contributed by atoms with Crippen LogP contribution in [0.1, 0.15) is 12.8 Å². The van der Waals surface area contributed by atoms with Crippen LogP contribution in [0.25, 0.3) is 0 Å². The van der Waals surface area contributed by atoms with Gasteiger partial charge in [-0.15, -0.1) is 0 Å². The van der Waals surface area contributed by atoms with Crippen molar-refractivity contribution >= 4 is 16.6 Å². The van der Waals surface area contributed by atoms with E-state index in [1.165, 1.54) is 12.1 Å². The molecule has 0 aromatic heterocycles. The molecule has 0 radical (unpaired) electrons. The van der Waals surface area contributed by atoms with E-state index in [4.69, 9.17) is 23.1 Å². The van der Waals surface area contributed by atoms with Gasteiger partial charge < -0.3 is 23.1 Å². The maximum Gasteiger partial charge on any atom is 0.173 e. The molecule has 5 nitrogen and oxygen atoms in total. The smallest absolute Gasteiger partial charge is 0.173 e. The number of ether oxygens (including phenoxy) is 4. The van der Waals surface area contributed by atoms with Crippen LogP contribution in [-0.4, -0.2) is 68.5 Å². The molecule has 2 rings (SSSR count). The van der Waals surface area contributed by atoms with E-state index in [2.05, 4.69) is 26.2 Å². The third-order valence-electron chi connectivity index (χ3n) is 4.10. The SMILES string of the molecule is C[Si](C)(CCCOC[C@@H]1CO1)O[Si](C)(C)CCCOC[C@@H]1CO1. The third-order valence-corrected chi connectivity index (χ3v) is 11.6. The van der Waals surface area contributed by atoms with Crippen LogP contribution in [0.3, 0.4) is 0 Å². The summed E-state index contributed by atoms with van der Waals surface area (Å²) < 4.78 is 28.2. The van der Waals surface area contributed by atoms with E-state index >= 15 is 0 Å². The quantitative estimate of drug-likeness (QED) is 0.270. The van der Waals surface area contributed by atoms with Gasteiger partial charge in [0.25, 0.3) is 0 Å². The molecule has 0 aromatic rings. The van der Waals surface area contributed by atoms with Crippen LogP contribution in [-0.2, 0) is 23.1 Å². The van der Waals surface area contributed by atoms with Gasteiger partial charge in [0.15, 0.2) is 16.6 Å². The fourth-order valence-corrected chi connectivity index (χ4v) is 11.6. The van der Waals surface area contributed by atoms with Gasteiger partial charge in [0.1, 0.15) is 12.2 Å². The molecule has 2 atom stereocenters. The molecule has 0 bridgehead atoms. The number of hydrogen-bond donors (Lipinski definition) is 0. The molecule has 2 heterocycles. The molecule has 2 fully saturated rings. The van der Waals surface area contributed by atoms with Crippen molar-refractivity contribution < 1.29 is 23.1 Å². The normalized spacial score (nSPS) is 24.0. The van der Waals surface area contributed by atoms with E-state index in [1.807, 2.05) is 0 Å². The highest BCUT2D eigenvalue weighted by Gasteiger charge is 2.32. The summed E-state index contributed by atoms with van der Waals surface area (Å²) in [5.74, 6) is 0. The zero-order chi connectivity index (χ0) is 16.8. The average Bonchev–Trinajstić information content (AvgIpc) is 3.31. The molecule has 23 heavy (non-hydrogen) atoms. The lowest BCUT2D eigenvalue weighted by Gasteiger charge is -2.34. The van der Waals surface area contributed by atoms with E-state index in [0.717, 1.165) is 52.5 Å². The summed E-state index contributed by atoms with van der Waals surface area (Å²) in [7, 11) is -3.17. The summed E-state index contributed by atoms with van der Waals surface area (Å²) in [6.07, 6.45) is 2.94. The molecule has 0 unspecified atom stereocenters. The Hall–Kier alpha value is 0.234. The Kier molecular flexibility index (Phi) is 7.72. The van der Waals surface area contributed by atoms with Crippen LogP contribution in [0, 0.1) is 0 Å². The lowest BCUT2D eigenvalue weighted by Crippen LogP contribution is -2.44. The highest BCUT2D eigenvalue weighted by molar-refractivity contribution is 6.84. The van der Waals surface area contributed by atoms with Gasteiger partial charge in [0, 0.05) is 13.2 Å². The van der Waals surface area contributed by atoms with Crippen LogP contribution in [0.5, 0.6) is 0 Å². The Bertz CT molecular complexity index is 311. The fraction of sp³-hybridized carbons (Fsp3) is 1.00. The predicted octanol–water partition coefficient (Wildman–Crippen LogP) is 3.02. The molecule has 7 heteroatoms. The molecular weight excluding hydrogens is 328 g/mol. The number of epoxide rings is 2. The first-order valence-electron chi connectivity index (χ1n) is 8.95. The van der Waals surface area contributed by atoms with Crippen LogP contribution in [0.2, 0.25) is 38.3 Å². The van der Waals surface area contributed by atoms with Crippen molar-refractivity contribution in [3.63, 3.8) is 0 Å². The van der Waals surface area contributed by atoms with E-state index in [9.17, 15) is 0 Å². The molecule has 0 aromatic carbocycles. The maximum atomic E-state index is 6.62. The van der Waals surface area contributed by atoms with Crippen LogP contribution >= 0.6 is 0 Å².